The van der Waals surface area contributed by atoms with Gasteiger partial charge in [0.05, 0.1) is 0 Å². The first-order valence-electron chi connectivity index (χ1n) is 28.7. The number of hydrogen-bond acceptors (Lipinski definition) is 6. The van der Waals surface area contributed by atoms with Crippen molar-refractivity contribution in [2.24, 2.45) is 0 Å². The summed E-state index contributed by atoms with van der Waals surface area (Å²) in [7, 11) is 0. The normalized spacial score (nSPS) is 12.3. The molecule has 0 N–H and O–H groups in total. The maximum absolute atomic E-state index is 12.8. The van der Waals surface area contributed by atoms with Crippen LogP contribution in [0.15, 0.2) is 48.6 Å². The van der Waals surface area contributed by atoms with Gasteiger partial charge in [-0.1, -0.05) is 230 Å². The highest BCUT2D eigenvalue weighted by Gasteiger charge is 2.19. The second-order valence-corrected chi connectivity index (χ2v) is 19.2. The molecule has 0 radical (unpaired) electrons. The molecule has 66 heavy (non-hydrogen) atoms. The van der Waals surface area contributed by atoms with Crippen molar-refractivity contribution in [1.29, 1.82) is 0 Å². The van der Waals surface area contributed by atoms with Crippen molar-refractivity contribution >= 4 is 17.9 Å². The van der Waals surface area contributed by atoms with Gasteiger partial charge in [-0.2, -0.15) is 0 Å². The molecule has 1 unspecified atom stereocenters. The molecule has 0 saturated carbocycles. The highest BCUT2D eigenvalue weighted by molar-refractivity contribution is 5.71. The number of rotatable bonds is 52. The van der Waals surface area contributed by atoms with Gasteiger partial charge in [-0.3, -0.25) is 14.4 Å². The molecule has 0 fully saturated rings. The fourth-order valence-corrected chi connectivity index (χ4v) is 8.19. The van der Waals surface area contributed by atoms with E-state index in [1.54, 1.807) is 0 Å². The Morgan fingerprint density at radius 1 is 0.303 bits per heavy atom. The molecule has 0 saturated heterocycles. The van der Waals surface area contributed by atoms with E-state index in [2.05, 4.69) is 69.4 Å². The van der Waals surface area contributed by atoms with Crippen LogP contribution in [0.4, 0.5) is 0 Å². The fraction of sp³-hybridized carbons (Fsp3) is 0.817. The quantitative estimate of drug-likeness (QED) is 0.0199. The monoisotopic (exact) mass is 925 g/mol. The molecule has 0 amide bonds. The second kappa shape index (κ2) is 55.0. The zero-order valence-electron chi connectivity index (χ0n) is 44.0. The summed E-state index contributed by atoms with van der Waals surface area (Å²) in [5.74, 6) is -0.930. The van der Waals surface area contributed by atoms with E-state index in [4.69, 9.17) is 14.2 Å². The Balaban J connectivity index is 4.42. The summed E-state index contributed by atoms with van der Waals surface area (Å²) >= 11 is 0. The summed E-state index contributed by atoms with van der Waals surface area (Å²) in [4.78, 5) is 38.1. The van der Waals surface area contributed by atoms with Gasteiger partial charge < -0.3 is 14.2 Å². The molecule has 0 aliphatic rings. The van der Waals surface area contributed by atoms with Gasteiger partial charge in [0.2, 0.25) is 0 Å². The van der Waals surface area contributed by atoms with Gasteiger partial charge >= 0.3 is 17.9 Å². The molecule has 0 aliphatic heterocycles. The molecule has 0 heterocycles. The molecule has 0 aliphatic carbocycles. The van der Waals surface area contributed by atoms with Gasteiger partial charge in [0.25, 0.3) is 0 Å². The molecule has 384 valence electrons. The number of hydrogen-bond donors (Lipinski definition) is 0. The van der Waals surface area contributed by atoms with Crippen molar-refractivity contribution in [3.05, 3.63) is 48.6 Å². The highest BCUT2D eigenvalue weighted by Crippen LogP contribution is 2.15. The largest absolute Gasteiger partial charge is 0.462 e. The zero-order chi connectivity index (χ0) is 47.9. The minimum absolute atomic E-state index is 0.0916. The molecular formula is C60H108O6. The summed E-state index contributed by atoms with van der Waals surface area (Å²) in [5, 5.41) is 0. The zero-order valence-corrected chi connectivity index (χ0v) is 44.0. The average Bonchev–Trinajstić information content (AvgIpc) is 3.31. The number of ether oxygens (including phenoxy) is 3. The van der Waals surface area contributed by atoms with E-state index in [1.165, 1.54) is 167 Å². The van der Waals surface area contributed by atoms with E-state index < -0.39 is 6.10 Å². The highest BCUT2D eigenvalue weighted by atomic mass is 16.6. The lowest BCUT2D eigenvalue weighted by atomic mass is 10.1. The SMILES string of the molecule is CCCCCCCCC/C=C\C=C/CCCCCC(=O)OC(COC(=O)CCCCC/C=C\CCCCCCCCC)COC(=O)CCCCCCC/C=C\CCCCCCCCCCC. The summed E-state index contributed by atoms with van der Waals surface area (Å²) in [5.41, 5.74) is 0. The van der Waals surface area contributed by atoms with Crippen molar-refractivity contribution in [1.82, 2.24) is 0 Å². The first-order valence-corrected chi connectivity index (χ1v) is 28.7. The van der Waals surface area contributed by atoms with Crippen LogP contribution in [0.3, 0.4) is 0 Å². The van der Waals surface area contributed by atoms with Gasteiger partial charge in [-0.05, 0) is 96.3 Å². The van der Waals surface area contributed by atoms with E-state index >= 15 is 0 Å². The number of esters is 3. The van der Waals surface area contributed by atoms with Gasteiger partial charge in [-0.15, -0.1) is 0 Å². The van der Waals surface area contributed by atoms with Crippen LogP contribution in [0.25, 0.3) is 0 Å². The second-order valence-electron chi connectivity index (χ2n) is 19.2. The summed E-state index contributed by atoms with van der Waals surface area (Å²) in [6.45, 7) is 6.61. The third-order valence-electron chi connectivity index (χ3n) is 12.6. The predicted octanol–water partition coefficient (Wildman–Crippen LogP) is 19.0. The minimum atomic E-state index is -0.795. The Kier molecular flexibility index (Phi) is 52.8. The molecule has 0 aromatic heterocycles. The van der Waals surface area contributed by atoms with Crippen molar-refractivity contribution in [2.45, 2.75) is 303 Å². The third-order valence-corrected chi connectivity index (χ3v) is 12.6. The number of carbonyl (C=O) groups is 3. The van der Waals surface area contributed by atoms with Crippen LogP contribution in [0.2, 0.25) is 0 Å². The van der Waals surface area contributed by atoms with Gasteiger partial charge in [0.1, 0.15) is 13.2 Å². The fourth-order valence-electron chi connectivity index (χ4n) is 8.19. The average molecular weight is 926 g/mol. The smallest absolute Gasteiger partial charge is 0.306 e. The van der Waals surface area contributed by atoms with E-state index in [0.29, 0.717) is 19.3 Å². The standard InChI is InChI=1S/C60H108O6/c1-4-7-10-13-16-19-22-25-28-30-31-33-35-38-41-44-47-50-53-59(62)65-56-57(55-64-58(61)52-49-46-43-40-37-34-27-24-21-18-15-12-9-6-3)66-60(63)54-51-48-45-42-39-36-32-29-26-23-20-17-14-11-8-5-2/h29,31-34,36-37,39,57H,4-28,30,35,38,40-56H2,1-3H3/b32-29-,33-31-,37-34-,39-36-. The van der Waals surface area contributed by atoms with E-state index in [0.717, 1.165) is 89.9 Å². The summed E-state index contributed by atoms with van der Waals surface area (Å²) in [6.07, 6.45) is 66.7. The third kappa shape index (κ3) is 52.3. The molecule has 0 bridgehead atoms. The van der Waals surface area contributed by atoms with Crippen LogP contribution >= 0.6 is 0 Å². The van der Waals surface area contributed by atoms with E-state index in [1.807, 2.05) is 0 Å². The predicted molar refractivity (Wildman–Crippen MR) is 284 cm³/mol. The van der Waals surface area contributed by atoms with Crippen LogP contribution in [0.1, 0.15) is 297 Å². The lowest BCUT2D eigenvalue weighted by molar-refractivity contribution is -0.167. The molecule has 0 aromatic rings. The van der Waals surface area contributed by atoms with Crippen LogP contribution < -0.4 is 0 Å². The number of carbonyl (C=O) groups excluding carboxylic acids is 3. The Morgan fingerprint density at radius 3 is 0.864 bits per heavy atom. The molecule has 1 atom stereocenters. The Labute approximate surface area is 409 Å². The van der Waals surface area contributed by atoms with Crippen LogP contribution in [0.5, 0.6) is 0 Å². The topological polar surface area (TPSA) is 78.9 Å². The molecule has 0 rings (SSSR count). The van der Waals surface area contributed by atoms with Gasteiger partial charge in [0.15, 0.2) is 6.10 Å². The number of allylic oxidation sites excluding steroid dienone is 8. The van der Waals surface area contributed by atoms with Crippen molar-refractivity contribution in [3.8, 4) is 0 Å². The van der Waals surface area contributed by atoms with E-state index in [-0.39, 0.29) is 31.1 Å². The first kappa shape index (κ1) is 63.4. The molecule has 6 nitrogen and oxygen atoms in total. The molecule has 0 spiro atoms. The van der Waals surface area contributed by atoms with Gasteiger partial charge in [0, 0.05) is 19.3 Å². The van der Waals surface area contributed by atoms with Crippen LogP contribution in [-0.2, 0) is 28.6 Å². The van der Waals surface area contributed by atoms with Crippen LogP contribution in [-0.4, -0.2) is 37.2 Å². The maximum atomic E-state index is 12.8. The number of unbranched alkanes of at least 4 members (excludes halogenated alkanes) is 34. The minimum Gasteiger partial charge on any atom is -0.462 e. The Morgan fingerprint density at radius 2 is 0.545 bits per heavy atom. The van der Waals surface area contributed by atoms with Crippen LogP contribution in [0, 0.1) is 0 Å². The van der Waals surface area contributed by atoms with E-state index in [9.17, 15) is 14.4 Å². The Hall–Kier alpha value is -2.63. The van der Waals surface area contributed by atoms with Crippen molar-refractivity contribution in [3.63, 3.8) is 0 Å². The Bertz CT molecular complexity index is 1150. The molecular weight excluding hydrogens is 817 g/mol. The lowest BCUT2D eigenvalue weighted by Crippen LogP contribution is -2.30. The maximum Gasteiger partial charge on any atom is 0.306 e. The summed E-state index contributed by atoms with van der Waals surface area (Å²) < 4.78 is 16.8. The molecule has 0 aromatic carbocycles. The first-order chi connectivity index (χ1) is 32.5. The van der Waals surface area contributed by atoms with Crippen molar-refractivity contribution < 1.29 is 28.6 Å². The van der Waals surface area contributed by atoms with Crippen molar-refractivity contribution in [2.75, 3.05) is 13.2 Å². The van der Waals surface area contributed by atoms with Gasteiger partial charge in [-0.25, -0.2) is 0 Å². The lowest BCUT2D eigenvalue weighted by Gasteiger charge is -2.18. The summed E-state index contributed by atoms with van der Waals surface area (Å²) in [6, 6.07) is 0. The molecule has 6 heteroatoms.